The van der Waals surface area contributed by atoms with E-state index in [0.29, 0.717) is 16.5 Å². The molecule has 0 aromatic heterocycles. The molecule has 8 heteroatoms. The second-order valence-electron chi connectivity index (χ2n) is 6.22. The van der Waals surface area contributed by atoms with Crippen molar-refractivity contribution in [3.05, 3.63) is 62.7 Å². The second kappa shape index (κ2) is 6.42. The molecule has 2 aliphatic carbocycles. The molecule has 1 aromatic carbocycles. The van der Waals surface area contributed by atoms with Crippen molar-refractivity contribution in [3.63, 3.8) is 0 Å². The highest BCUT2D eigenvalue weighted by Crippen LogP contribution is 2.38. The molecule has 0 aliphatic heterocycles. The summed E-state index contributed by atoms with van der Waals surface area (Å²) in [5.74, 6) is -0.129. The lowest BCUT2D eigenvalue weighted by molar-refractivity contribution is -0.385. The Bertz CT molecular complexity index is 830. The van der Waals surface area contributed by atoms with Crippen LogP contribution in [-0.2, 0) is 15.4 Å². The summed E-state index contributed by atoms with van der Waals surface area (Å²) in [6.07, 6.45) is 9.58. The van der Waals surface area contributed by atoms with Crippen molar-refractivity contribution < 1.29 is 13.3 Å². The summed E-state index contributed by atoms with van der Waals surface area (Å²) in [6.45, 7) is 0. The largest absolute Gasteiger partial charge is 0.283 e. The lowest BCUT2D eigenvalue weighted by Gasteiger charge is -2.31. The average molecular weight is 413 g/mol. The van der Waals surface area contributed by atoms with Gasteiger partial charge in [0.25, 0.3) is 5.69 Å². The summed E-state index contributed by atoms with van der Waals surface area (Å²) < 4.78 is 28.1. The molecule has 1 atom stereocenters. The normalized spacial score (nSPS) is 23.4. The van der Waals surface area contributed by atoms with Gasteiger partial charge in [-0.2, -0.15) is 0 Å². The van der Waals surface area contributed by atoms with Crippen LogP contribution in [0.25, 0.3) is 0 Å². The molecule has 2 aliphatic rings. The van der Waals surface area contributed by atoms with E-state index in [1.54, 1.807) is 18.2 Å². The van der Waals surface area contributed by atoms with Crippen LogP contribution in [0.5, 0.6) is 0 Å². The third-order valence-corrected chi connectivity index (χ3v) is 6.49. The van der Waals surface area contributed by atoms with Crippen molar-refractivity contribution in [1.29, 1.82) is 0 Å². The van der Waals surface area contributed by atoms with Crippen LogP contribution in [0.3, 0.4) is 0 Å². The zero-order valence-corrected chi connectivity index (χ0v) is 15.2. The summed E-state index contributed by atoms with van der Waals surface area (Å²) in [6, 6.07) is 4.84. The Morgan fingerprint density at radius 2 is 2.08 bits per heavy atom. The first-order chi connectivity index (χ1) is 11.3. The quantitative estimate of drug-likeness (QED) is 0.573. The number of rotatable bonds is 6. The van der Waals surface area contributed by atoms with Gasteiger partial charge in [0.1, 0.15) is 0 Å². The summed E-state index contributed by atoms with van der Waals surface area (Å²) in [5, 5.41) is 11.2. The number of allylic oxidation sites excluding steroid dienone is 4. The molecule has 1 aromatic rings. The lowest BCUT2D eigenvalue weighted by Crippen LogP contribution is -2.39. The van der Waals surface area contributed by atoms with Crippen LogP contribution in [0.1, 0.15) is 24.8 Å². The van der Waals surface area contributed by atoms with Crippen molar-refractivity contribution in [2.75, 3.05) is 5.75 Å². The molecule has 128 valence electrons. The first-order valence-electron chi connectivity index (χ1n) is 7.60. The zero-order chi connectivity index (χ0) is 17.4. The number of hydrogen-bond donors (Lipinski definition) is 1. The summed E-state index contributed by atoms with van der Waals surface area (Å²) in [4.78, 5) is 10.7. The van der Waals surface area contributed by atoms with Gasteiger partial charge in [0, 0.05) is 17.5 Å². The third kappa shape index (κ3) is 3.76. The van der Waals surface area contributed by atoms with E-state index in [1.165, 1.54) is 6.07 Å². The minimum absolute atomic E-state index is 0.0365. The van der Waals surface area contributed by atoms with E-state index >= 15 is 0 Å². The van der Waals surface area contributed by atoms with Crippen LogP contribution in [-0.4, -0.2) is 25.1 Å². The van der Waals surface area contributed by atoms with Gasteiger partial charge in [-0.15, -0.1) is 0 Å². The fourth-order valence-corrected chi connectivity index (χ4v) is 5.14. The zero-order valence-electron chi connectivity index (χ0n) is 12.8. The smallest absolute Gasteiger partial charge is 0.258 e. The number of sulfonamides is 1. The highest BCUT2D eigenvalue weighted by atomic mass is 79.9. The van der Waals surface area contributed by atoms with Gasteiger partial charge in [-0.25, -0.2) is 13.1 Å². The first kappa shape index (κ1) is 17.3. The number of benzene rings is 1. The Labute approximate surface area is 149 Å². The third-order valence-electron chi connectivity index (χ3n) is 4.23. The second-order valence-corrected chi connectivity index (χ2v) is 8.83. The molecule has 1 saturated carbocycles. The molecule has 6 nitrogen and oxygen atoms in total. The minimum Gasteiger partial charge on any atom is -0.258 e. The van der Waals surface area contributed by atoms with E-state index in [2.05, 4.69) is 20.7 Å². The topological polar surface area (TPSA) is 89.3 Å². The average Bonchev–Trinajstić information content (AvgIpc) is 3.30. The highest BCUT2D eigenvalue weighted by molar-refractivity contribution is 9.10. The molecule has 0 amide bonds. The Morgan fingerprint density at radius 1 is 1.33 bits per heavy atom. The van der Waals surface area contributed by atoms with Crippen LogP contribution in [0.4, 0.5) is 5.69 Å². The van der Waals surface area contributed by atoms with E-state index in [1.807, 2.05) is 18.2 Å². The minimum atomic E-state index is -3.48. The van der Waals surface area contributed by atoms with E-state index in [0.717, 1.165) is 12.8 Å². The fourth-order valence-electron chi connectivity index (χ4n) is 2.87. The Hall–Kier alpha value is -1.51. The van der Waals surface area contributed by atoms with Gasteiger partial charge in [-0.3, -0.25) is 10.1 Å². The molecule has 1 unspecified atom stereocenters. The van der Waals surface area contributed by atoms with E-state index in [9.17, 15) is 18.5 Å². The maximum absolute atomic E-state index is 12.5. The Morgan fingerprint density at radius 3 is 2.67 bits per heavy atom. The molecule has 1 fully saturated rings. The molecule has 0 radical (unpaired) electrons. The standard InChI is InChI=1S/C16H17BrN2O4S/c17-14-7-4-12(10-15(14)19(20)21)16(8-2-1-3-9-16)11-24(22,23)18-13-5-6-13/h1-4,7-8,10,13,18H,5-6,9,11H2. The number of halogens is 1. The van der Waals surface area contributed by atoms with Gasteiger partial charge in [0.15, 0.2) is 0 Å². The molecule has 0 heterocycles. The maximum atomic E-state index is 12.5. The molecule has 24 heavy (non-hydrogen) atoms. The van der Waals surface area contributed by atoms with Crippen molar-refractivity contribution in [1.82, 2.24) is 4.72 Å². The number of nitro groups is 1. The molecular weight excluding hydrogens is 396 g/mol. The van der Waals surface area contributed by atoms with Crippen LogP contribution in [0, 0.1) is 10.1 Å². The molecule has 3 rings (SSSR count). The van der Waals surface area contributed by atoms with Gasteiger partial charge in [0.05, 0.1) is 15.1 Å². The number of nitro benzene ring substituents is 1. The van der Waals surface area contributed by atoms with Gasteiger partial charge in [-0.05, 0) is 46.8 Å². The van der Waals surface area contributed by atoms with Crippen molar-refractivity contribution >= 4 is 31.6 Å². The van der Waals surface area contributed by atoms with Crippen LogP contribution >= 0.6 is 15.9 Å². The van der Waals surface area contributed by atoms with E-state index < -0.39 is 20.4 Å². The van der Waals surface area contributed by atoms with Crippen LogP contribution in [0.2, 0.25) is 0 Å². The predicted octanol–water partition coefficient (Wildman–Crippen LogP) is 3.19. The Balaban J connectivity index is 2.00. The van der Waals surface area contributed by atoms with Crippen LogP contribution < -0.4 is 4.72 Å². The van der Waals surface area contributed by atoms with Crippen LogP contribution in [0.15, 0.2) is 47.0 Å². The van der Waals surface area contributed by atoms with Crippen molar-refractivity contribution in [3.8, 4) is 0 Å². The summed E-state index contributed by atoms with van der Waals surface area (Å²) >= 11 is 3.17. The lowest BCUT2D eigenvalue weighted by atomic mass is 9.77. The van der Waals surface area contributed by atoms with Crippen molar-refractivity contribution in [2.45, 2.75) is 30.7 Å². The molecule has 1 N–H and O–H groups in total. The first-order valence-corrected chi connectivity index (χ1v) is 10.0. The maximum Gasteiger partial charge on any atom is 0.283 e. The Kier molecular flexibility index (Phi) is 4.63. The number of hydrogen-bond acceptors (Lipinski definition) is 4. The molecule has 0 saturated heterocycles. The SMILES string of the molecule is O=[N+]([O-])c1cc(C2(CS(=O)(=O)NC3CC3)C=CC=CC2)ccc1Br. The number of nitrogens with one attached hydrogen (secondary N) is 1. The van der Waals surface area contributed by atoms with Gasteiger partial charge in [0.2, 0.25) is 10.0 Å². The summed E-state index contributed by atoms with van der Waals surface area (Å²) in [7, 11) is -3.48. The van der Waals surface area contributed by atoms with Gasteiger partial charge < -0.3 is 0 Å². The van der Waals surface area contributed by atoms with Gasteiger partial charge >= 0.3 is 0 Å². The monoisotopic (exact) mass is 412 g/mol. The number of nitrogens with zero attached hydrogens (tertiary/aromatic N) is 1. The predicted molar refractivity (Wildman–Crippen MR) is 95.3 cm³/mol. The highest BCUT2D eigenvalue weighted by Gasteiger charge is 2.38. The fraction of sp³-hybridized carbons (Fsp3) is 0.375. The molecular formula is C16H17BrN2O4S. The van der Waals surface area contributed by atoms with E-state index in [-0.39, 0.29) is 17.5 Å². The van der Waals surface area contributed by atoms with E-state index in [4.69, 9.17) is 0 Å². The van der Waals surface area contributed by atoms with Gasteiger partial charge in [-0.1, -0.05) is 30.4 Å². The summed E-state index contributed by atoms with van der Waals surface area (Å²) in [5.41, 5.74) is -0.248. The molecule has 0 spiro atoms. The van der Waals surface area contributed by atoms with Crippen molar-refractivity contribution in [2.24, 2.45) is 0 Å². The molecule has 0 bridgehead atoms.